The van der Waals surface area contributed by atoms with Crippen molar-refractivity contribution in [2.45, 2.75) is 32.3 Å². The van der Waals surface area contributed by atoms with Crippen molar-refractivity contribution in [3.8, 4) is 0 Å². The Bertz CT molecular complexity index is 380. The average Bonchev–Trinajstić information content (AvgIpc) is 2.90. The Hall–Kier alpha value is -0.890. The average molecular weight is 218 g/mol. The number of carbonyl (C=O) groups excluding carboxylic acids is 1. The Kier molecular flexibility index (Phi) is 2.28. The molecule has 0 aliphatic heterocycles. The summed E-state index contributed by atoms with van der Waals surface area (Å²) in [7, 11) is 0. The van der Waals surface area contributed by atoms with Crippen LogP contribution in [0.1, 0.15) is 26.2 Å². The maximum atomic E-state index is 11.9. The van der Waals surface area contributed by atoms with E-state index in [1.165, 1.54) is 0 Å². The topological polar surface area (TPSA) is 37.3 Å². The van der Waals surface area contributed by atoms with Crippen molar-refractivity contribution in [2.75, 3.05) is 0 Å². The van der Waals surface area contributed by atoms with Crippen LogP contribution in [0.15, 0.2) is 23.8 Å². The Balaban J connectivity index is 1.88. The van der Waals surface area contributed by atoms with Gasteiger partial charge in [0.15, 0.2) is 5.78 Å². The number of carbonyl (C=O) groups is 1. The third kappa shape index (κ3) is 1.26. The fourth-order valence-electron chi connectivity index (χ4n) is 3.78. The molecular formula is C14H18O2. The molecule has 3 rings (SSSR count). The number of allylic oxidation sites excluding steroid dienone is 3. The molecule has 2 nitrogen and oxygen atoms in total. The molecule has 5 atom stereocenters. The van der Waals surface area contributed by atoms with Crippen molar-refractivity contribution < 1.29 is 9.90 Å². The van der Waals surface area contributed by atoms with E-state index < -0.39 is 6.10 Å². The SMILES string of the molecule is CCCC(O)C1=CC(=O)[C@@H]2[C@H]1[C@H]1C=C[C@@H]2C1. The van der Waals surface area contributed by atoms with Crippen LogP contribution in [-0.4, -0.2) is 17.0 Å². The van der Waals surface area contributed by atoms with Gasteiger partial charge in [0.05, 0.1) is 6.10 Å². The van der Waals surface area contributed by atoms with Crippen LogP contribution in [0.25, 0.3) is 0 Å². The van der Waals surface area contributed by atoms with Crippen LogP contribution in [-0.2, 0) is 4.79 Å². The van der Waals surface area contributed by atoms with E-state index >= 15 is 0 Å². The summed E-state index contributed by atoms with van der Waals surface area (Å²) in [5.41, 5.74) is 1.02. The van der Waals surface area contributed by atoms with Crippen LogP contribution in [0.5, 0.6) is 0 Å². The van der Waals surface area contributed by atoms with Crippen LogP contribution in [0.4, 0.5) is 0 Å². The Labute approximate surface area is 96.0 Å². The zero-order chi connectivity index (χ0) is 11.3. The van der Waals surface area contributed by atoms with E-state index in [9.17, 15) is 9.90 Å². The molecule has 0 aromatic heterocycles. The smallest absolute Gasteiger partial charge is 0.160 e. The molecule has 0 radical (unpaired) electrons. The van der Waals surface area contributed by atoms with Crippen molar-refractivity contribution in [3.63, 3.8) is 0 Å². The molecule has 0 aromatic rings. The fourth-order valence-corrected chi connectivity index (χ4v) is 3.78. The van der Waals surface area contributed by atoms with Crippen LogP contribution in [0.3, 0.4) is 0 Å². The molecule has 2 heteroatoms. The summed E-state index contributed by atoms with van der Waals surface area (Å²) in [5, 5.41) is 10.1. The fraction of sp³-hybridized carbons (Fsp3) is 0.643. The molecule has 0 amide bonds. The first-order valence-electron chi connectivity index (χ1n) is 6.34. The first-order valence-corrected chi connectivity index (χ1v) is 6.34. The van der Waals surface area contributed by atoms with Gasteiger partial charge in [-0.25, -0.2) is 0 Å². The molecule has 2 bridgehead atoms. The van der Waals surface area contributed by atoms with E-state index in [0.29, 0.717) is 17.8 Å². The molecule has 1 unspecified atom stereocenters. The van der Waals surface area contributed by atoms with Gasteiger partial charge in [-0.2, -0.15) is 0 Å². The second-order valence-corrected chi connectivity index (χ2v) is 5.35. The van der Waals surface area contributed by atoms with Gasteiger partial charge in [-0.1, -0.05) is 25.5 Å². The summed E-state index contributed by atoms with van der Waals surface area (Å²) < 4.78 is 0. The second kappa shape index (κ2) is 3.56. The lowest BCUT2D eigenvalue weighted by Gasteiger charge is -2.25. The standard InChI is InChI=1S/C14H18O2/c1-2-3-11(15)10-7-12(16)14-9-5-4-8(6-9)13(10)14/h4-5,7-9,11,13-15H,2-3,6H2,1H3/t8-,9+,11?,13-,14+/m0/s1. The number of ketones is 1. The van der Waals surface area contributed by atoms with Crippen LogP contribution < -0.4 is 0 Å². The molecular weight excluding hydrogens is 200 g/mol. The summed E-state index contributed by atoms with van der Waals surface area (Å²) in [5.74, 6) is 1.71. The van der Waals surface area contributed by atoms with Gasteiger partial charge < -0.3 is 5.11 Å². The number of rotatable bonds is 3. The first-order chi connectivity index (χ1) is 7.72. The summed E-state index contributed by atoms with van der Waals surface area (Å²) in [4.78, 5) is 11.9. The van der Waals surface area contributed by atoms with Crippen LogP contribution in [0.2, 0.25) is 0 Å². The van der Waals surface area contributed by atoms with Crippen molar-refractivity contribution in [1.29, 1.82) is 0 Å². The molecule has 3 aliphatic rings. The van der Waals surface area contributed by atoms with E-state index in [0.717, 1.165) is 24.8 Å². The third-order valence-electron chi connectivity index (χ3n) is 4.43. The third-order valence-corrected chi connectivity index (χ3v) is 4.43. The maximum Gasteiger partial charge on any atom is 0.160 e. The van der Waals surface area contributed by atoms with Gasteiger partial charge in [-0.05, 0) is 42.2 Å². The quantitative estimate of drug-likeness (QED) is 0.736. The highest BCUT2D eigenvalue weighted by Crippen LogP contribution is 2.55. The lowest BCUT2D eigenvalue weighted by atomic mass is 9.80. The molecule has 0 heterocycles. The van der Waals surface area contributed by atoms with E-state index in [-0.39, 0.29) is 11.7 Å². The molecule has 16 heavy (non-hydrogen) atoms. The minimum Gasteiger partial charge on any atom is -0.389 e. The van der Waals surface area contributed by atoms with Gasteiger partial charge in [0.1, 0.15) is 0 Å². The highest BCUT2D eigenvalue weighted by Gasteiger charge is 2.52. The van der Waals surface area contributed by atoms with E-state index in [4.69, 9.17) is 0 Å². The first kappa shape index (κ1) is 10.3. The Morgan fingerprint density at radius 2 is 2.06 bits per heavy atom. The lowest BCUT2D eigenvalue weighted by Crippen LogP contribution is -2.25. The van der Waals surface area contributed by atoms with Crippen LogP contribution >= 0.6 is 0 Å². The van der Waals surface area contributed by atoms with Gasteiger partial charge in [0.2, 0.25) is 0 Å². The molecule has 86 valence electrons. The monoisotopic (exact) mass is 218 g/mol. The number of hydrogen-bond donors (Lipinski definition) is 1. The molecule has 0 spiro atoms. The highest BCUT2D eigenvalue weighted by molar-refractivity contribution is 5.97. The van der Waals surface area contributed by atoms with E-state index in [1.54, 1.807) is 6.08 Å². The predicted molar refractivity (Wildman–Crippen MR) is 61.7 cm³/mol. The Morgan fingerprint density at radius 1 is 1.38 bits per heavy atom. The van der Waals surface area contributed by atoms with Gasteiger partial charge in [0.25, 0.3) is 0 Å². The zero-order valence-electron chi connectivity index (χ0n) is 9.60. The number of fused-ring (bicyclic) bond motifs is 5. The predicted octanol–water partition coefficient (Wildman–Crippen LogP) is 2.09. The van der Waals surface area contributed by atoms with Gasteiger partial charge in [-0.3, -0.25) is 4.79 Å². The van der Waals surface area contributed by atoms with Gasteiger partial charge in [0, 0.05) is 5.92 Å². The minimum atomic E-state index is -0.392. The zero-order valence-corrected chi connectivity index (χ0v) is 9.60. The van der Waals surface area contributed by atoms with Crippen molar-refractivity contribution in [1.82, 2.24) is 0 Å². The van der Waals surface area contributed by atoms with Gasteiger partial charge >= 0.3 is 0 Å². The molecule has 1 fully saturated rings. The molecule has 0 saturated heterocycles. The minimum absolute atomic E-state index is 0.163. The van der Waals surface area contributed by atoms with Crippen LogP contribution in [0, 0.1) is 23.7 Å². The molecule has 3 aliphatic carbocycles. The summed E-state index contributed by atoms with van der Waals surface area (Å²) in [6.07, 6.45) is 8.66. The van der Waals surface area contributed by atoms with Crippen molar-refractivity contribution in [3.05, 3.63) is 23.8 Å². The summed E-state index contributed by atoms with van der Waals surface area (Å²) >= 11 is 0. The number of hydrogen-bond acceptors (Lipinski definition) is 2. The second-order valence-electron chi connectivity index (χ2n) is 5.35. The van der Waals surface area contributed by atoms with Gasteiger partial charge in [-0.15, -0.1) is 0 Å². The normalized spacial score (nSPS) is 41.4. The highest BCUT2D eigenvalue weighted by atomic mass is 16.3. The lowest BCUT2D eigenvalue weighted by molar-refractivity contribution is -0.118. The van der Waals surface area contributed by atoms with Crippen molar-refractivity contribution in [2.24, 2.45) is 23.7 Å². The van der Waals surface area contributed by atoms with Crippen molar-refractivity contribution >= 4 is 5.78 Å². The summed E-state index contributed by atoms with van der Waals surface area (Å²) in [6, 6.07) is 0. The Morgan fingerprint density at radius 3 is 2.75 bits per heavy atom. The van der Waals surface area contributed by atoms with E-state index in [2.05, 4.69) is 19.1 Å². The number of aliphatic hydroxyl groups is 1. The van der Waals surface area contributed by atoms with E-state index in [1.807, 2.05) is 0 Å². The number of aliphatic hydroxyl groups excluding tert-OH is 1. The molecule has 0 aromatic carbocycles. The molecule has 1 N–H and O–H groups in total. The maximum absolute atomic E-state index is 11.9. The summed E-state index contributed by atoms with van der Waals surface area (Å²) in [6.45, 7) is 2.07. The molecule has 1 saturated carbocycles. The largest absolute Gasteiger partial charge is 0.389 e.